The Bertz CT molecular complexity index is 338. The minimum atomic E-state index is 0.304. The van der Waals surface area contributed by atoms with Gasteiger partial charge in [0, 0.05) is 0 Å². The summed E-state index contributed by atoms with van der Waals surface area (Å²) in [4.78, 5) is 7.76. The van der Waals surface area contributed by atoms with E-state index in [1.807, 2.05) is 6.92 Å². The van der Waals surface area contributed by atoms with Gasteiger partial charge in [-0.25, -0.2) is 4.98 Å². The molecule has 2 aromatic rings. The first-order valence-electron chi connectivity index (χ1n) is 3.05. The predicted molar refractivity (Wildman–Crippen MR) is 34.5 cm³/mol. The molecule has 2 heterocycles. The number of rotatable bonds is 1. The molecule has 0 aliphatic heterocycles. The van der Waals surface area contributed by atoms with Crippen LogP contribution in [0.25, 0.3) is 11.8 Å². The van der Waals surface area contributed by atoms with E-state index in [4.69, 9.17) is 8.94 Å². The van der Waals surface area contributed by atoms with Crippen LogP contribution in [0.4, 0.5) is 0 Å². The van der Waals surface area contributed by atoms with Gasteiger partial charge in [0.15, 0.2) is 6.33 Å². The molecule has 11 heavy (non-hydrogen) atoms. The molecular formula is C6H5N3O2. The lowest BCUT2D eigenvalue weighted by Gasteiger charge is -1.79. The van der Waals surface area contributed by atoms with Crippen LogP contribution in [0.3, 0.4) is 0 Å². The normalized spacial score (nSPS) is 10.3. The largest absolute Gasteiger partial charge is 0.441 e. The van der Waals surface area contributed by atoms with Crippen LogP contribution in [0, 0.1) is 6.92 Å². The molecule has 0 fully saturated rings. The lowest BCUT2D eigenvalue weighted by atomic mass is 10.6. The Morgan fingerprint density at radius 3 is 2.82 bits per heavy atom. The van der Waals surface area contributed by atoms with Crippen molar-refractivity contribution in [1.82, 2.24) is 15.1 Å². The smallest absolute Gasteiger partial charge is 0.313 e. The predicted octanol–water partition coefficient (Wildman–Crippen LogP) is 1.03. The van der Waals surface area contributed by atoms with Gasteiger partial charge in [0.25, 0.3) is 5.89 Å². The fraction of sp³-hybridized carbons (Fsp3) is 0.167. The van der Waals surface area contributed by atoms with Gasteiger partial charge in [0.2, 0.25) is 0 Å². The molecule has 2 aromatic heterocycles. The Hall–Kier alpha value is -1.65. The zero-order valence-electron chi connectivity index (χ0n) is 5.81. The van der Waals surface area contributed by atoms with Crippen molar-refractivity contribution in [3.05, 3.63) is 18.3 Å². The number of oxazole rings is 1. The number of aryl methyl sites for hydroxylation is 1. The molecule has 0 amide bonds. The highest BCUT2D eigenvalue weighted by atomic mass is 16.5. The van der Waals surface area contributed by atoms with Crippen molar-refractivity contribution in [2.24, 2.45) is 0 Å². The summed E-state index contributed by atoms with van der Waals surface area (Å²) in [6.07, 6.45) is 2.83. The molecule has 0 bridgehead atoms. The molecule has 0 aliphatic carbocycles. The number of nitrogens with zero attached hydrogens (tertiary/aromatic N) is 3. The quantitative estimate of drug-likeness (QED) is 0.609. The molecule has 0 saturated carbocycles. The average Bonchev–Trinajstić information content (AvgIpc) is 2.55. The standard InChI is InChI=1S/C6H5N3O2/c1-4-2-10-6(9-4)5-7-3-8-11-5/h2-3H,1H3. The summed E-state index contributed by atoms with van der Waals surface area (Å²) in [7, 11) is 0. The molecule has 0 aliphatic rings. The molecule has 0 aromatic carbocycles. The molecule has 0 unspecified atom stereocenters. The maximum absolute atomic E-state index is 5.00. The first-order valence-corrected chi connectivity index (χ1v) is 3.05. The van der Waals surface area contributed by atoms with E-state index < -0.39 is 0 Å². The molecule has 0 N–H and O–H groups in total. The van der Waals surface area contributed by atoms with E-state index >= 15 is 0 Å². The second kappa shape index (κ2) is 2.19. The van der Waals surface area contributed by atoms with Crippen molar-refractivity contribution in [2.75, 3.05) is 0 Å². The SMILES string of the molecule is Cc1coc(-c2ncno2)n1. The highest BCUT2D eigenvalue weighted by molar-refractivity contribution is 5.35. The molecule has 5 nitrogen and oxygen atoms in total. The van der Waals surface area contributed by atoms with Crippen molar-refractivity contribution < 1.29 is 8.94 Å². The van der Waals surface area contributed by atoms with E-state index in [9.17, 15) is 0 Å². The van der Waals surface area contributed by atoms with Gasteiger partial charge in [0.05, 0.1) is 5.69 Å². The third-order valence-electron chi connectivity index (χ3n) is 1.16. The van der Waals surface area contributed by atoms with Gasteiger partial charge < -0.3 is 8.94 Å². The van der Waals surface area contributed by atoms with Gasteiger partial charge in [-0.3, -0.25) is 0 Å². The average molecular weight is 151 g/mol. The van der Waals surface area contributed by atoms with Gasteiger partial charge in [-0.1, -0.05) is 5.16 Å². The van der Waals surface area contributed by atoms with E-state index in [-0.39, 0.29) is 0 Å². The number of aromatic nitrogens is 3. The molecule has 0 radical (unpaired) electrons. The summed E-state index contributed by atoms with van der Waals surface area (Å²) in [5.41, 5.74) is 0.790. The summed E-state index contributed by atoms with van der Waals surface area (Å²) in [5.74, 6) is 0.665. The Morgan fingerprint density at radius 1 is 1.36 bits per heavy atom. The maximum Gasteiger partial charge on any atom is 0.313 e. The van der Waals surface area contributed by atoms with Gasteiger partial charge in [-0.05, 0) is 6.92 Å². The molecule has 0 atom stereocenters. The van der Waals surface area contributed by atoms with Gasteiger partial charge >= 0.3 is 5.89 Å². The lowest BCUT2D eigenvalue weighted by Crippen LogP contribution is -1.75. The summed E-state index contributed by atoms with van der Waals surface area (Å²) in [5, 5.41) is 3.42. The molecule has 2 rings (SSSR count). The summed E-state index contributed by atoms with van der Waals surface area (Å²) in [6.45, 7) is 1.82. The van der Waals surface area contributed by atoms with E-state index in [0.29, 0.717) is 11.8 Å². The van der Waals surface area contributed by atoms with Gasteiger partial charge in [0.1, 0.15) is 6.26 Å². The van der Waals surface area contributed by atoms with Gasteiger partial charge in [-0.2, -0.15) is 4.98 Å². The molecule has 5 heteroatoms. The molecular weight excluding hydrogens is 146 g/mol. The second-order valence-electron chi connectivity index (χ2n) is 2.04. The Kier molecular flexibility index (Phi) is 1.21. The van der Waals surface area contributed by atoms with Crippen LogP contribution >= 0.6 is 0 Å². The minimum absolute atomic E-state index is 0.304. The summed E-state index contributed by atoms with van der Waals surface area (Å²) in [6, 6.07) is 0. The topological polar surface area (TPSA) is 65.0 Å². The van der Waals surface area contributed by atoms with Crippen LogP contribution in [-0.4, -0.2) is 15.1 Å². The lowest BCUT2D eigenvalue weighted by molar-refractivity contribution is 0.412. The summed E-state index contributed by atoms with van der Waals surface area (Å²) >= 11 is 0. The van der Waals surface area contributed by atoms with Crippen LogP contribution < -0.4 is 0 Å². The van der Waals surface area contributed by atoms with Crippen LogP contribution in [0.2, 0.25) is 0 Å². The zero-order valence-corrected chi connectivity index (χ0v) is 5.81. The Morgan fingerprint density at radius 2 is 2.27 bits per heavy atom. The third kappa shape index (κ3) is 1.000. The highest BCUT2D eigenvalue weighted by Gasteiger charge is 2.08. The fourth-order valence-electron chi connectivity index (χ4n) is 0.720. The van der Waals surface area contributed by atoms with Crippen LogP contribution in [0.1, 0.15) is 5.69 Å². The molecule has 56 valence electrons. The van der Waals surface area contributed by atoms with Crippen molar-refractivity contribution in [1.29, 1.82) is 0 Å². The van der Waals surface area contributed by atoms with Crippen molar-refractivity contribution >= 4 is 0 Å². The Labute approximate surface area is 62.1 Å². The third-order valence-corrected chi connectivity index (χ3v) is 1.16. The molecule has 0 spiro atoms. The molecule has 0 saturated heterocycles. The first kappa shape index (κ1) is 6.09. The first-order chi connectivity index (χ1) is 5.36. The van der Waals surface area contributed by atoms with Crippen LogP contribution in [0.5, 0.6) is 0 Å². The maximum atomic E-state index is 5.00. The van der Waals surface area contributed by atoms with Crippen LogP contribution in [-0.2, 0) is 0 Å². The number of hydrogen-bond donors (Lipinski definition) is 0. The van der Waals surface area contributed by atoms with Crippen molar-refractivity contribution in [2.45, 2.75) is 6.92 Å². The summed E-state index contributed by atoms with van der Waals surface area (Å²) < 4.78 is 9.72. The number of hydrogen-bond acceptors (Lipinski definition) is 5. The van der Waals surface area contributed by atoms with E-state index in [0.717, 1.165) is 5.69 Å². The minimum Gasteiger partial charge on any atom is -0.441 e. The van der Waals surface area contributed by atoms with E-state index in [1.165, 1.54) is 12.6 Å². The van der Waals surface area contributed by atoms with Crippen molar-refractivity contribution in [3.8, 4) is 11.8 Å². The van der Waals surface area contributed by atoms with Crippen molar-refractivity contribution in [3.63, 3.8) is 0 Å². The van der Waals surface area contributed by atoms with E-state index in [2.05, 4.69) is 15.1 Å². The van der Waals surface area contributed by atoms with E-state index in [1.54, 1.807) is 0 Å². The monoisotopic (exact) mass is 151 g/mol. The zero-order chi connectivity index (χ0) is 7.68. The van der Waals surface area contributed by atoms with Gasteiger partial charge in [-0.15, -0.1) is 0 Å². The van der Waals surface area contributed by atoms with Crippen LogP contribution in [0.15, 0.2) is 21.5 Å². The second-order valence-corrected chi connectivity index (χ2v) is 2.04. The Balaban J connectivity index is 2.45. The fourth-order valence-corrected chi connectivity index (χ4v) is 0.720. The highest BCUT2D eigenvalue weighted by Crippen LogP contribution is 2.13.